The minimum atomic E-state index is -0.538. The Balaban J connectivity index is 3.16. The molecule has 0 saturated heterocycles. The van der Waals surface area contributed by atoms with E-state index in [9.17, 15) is 5.11 Å². The molecule has 0 atom stereocenters. The van der Waals surface area contributed by atoms with E-state index in [0.29, 0.717) is 30.3 Å². The molecular formula is C13H20O5. The normalized spacial score (nSPS) is 10.7. The van der Waals surface area contributed by atoms with Crippen LogP contribution < -0.4 is 9.47 Å². The topological polar surface area (TPSA) is 57.2 Å². The van der Waals surface area contributed by atoms with Crippen LogP contribution >= 0.6 is 0 Å². The van der Waals surface area contributed by atoms with Crippen LogP contribution in [0.5, 0.6) is 17.2 Å². The second-order valence-corrected chi connectivity index (χ2v) is 3.51. The molecule has 0 aliphatic heterocycles. The summed E-state index contributed by atoms with van der Waals surface area (Å²) in [5, 5.41) is 9.70. The number of benzene rings is 1. The van der Waals surface area contributed by atoms with Gasteiger partial charge in [0.2, 0.25) is 0 Å². The van der Waals surface area contributed by atoms with Crippen molar-refractivity contribution in [3.63, 3.8) is 0 Å². The summed E-state index contributed by atoms with van der Waals surface area (Å²) in [5.41, 5.74) is 0.691. The van der Waals surface area contributed by atoms with Crippen LogP contribution in [0.25, 0.3) is 0 Å². The Labute approximate surface area is 107 Å². The van der Waals surface area contributed by atoms with Crippen LogP contribution in [0.3, 0.4) is 0 Å². The van der Waals surface area contributed by atoms with Gasteiger partial charge in [0.15, 0.2) is 17.8 Å². The fourth-order valence-corrected chi connectivity index (χ4v) is 1.62. The number of phenols is 1. The number of hydrogen-bond acceptors (Lipinski definition) is 5. The van der Waals surface area contributed by atoms with Crippen molar-refractivity contribution in [2.24, 2.45) is 0 Å². The first kappa shape index (κ1) is 14.6. The molecule has 5 nitrogen and oxygen atoms in total. The third-order valence-corrected chi connectivity index (χ3v) is 2.42. The molecule has 1 aromatic rings. The zero-order chi connectivity index (χ0) is 13.5. The Hall–Kier alpha value is -1.46. The van der Waals surface area contributed by atoms with Crippen molar-refractivity contribution in [2.45, 2.75) is 20.1 Å². The zero-order valence-corrected chi connectivity index (χ0v) is 11.2. The van der Waals surface area contributed by atoms with Gasteiger partial charge in [-0.1, -0.05) is 0 Å². The average molecular weight is 256 g/mol. The molecule has 0 fully saturated rings. The summed E-state index contributed by atoms with van der Waals surface area (Å²) in [6, 6.07) is 3.14. The van der Waals surface area contributed by atoms with Gasteiger partial charge in [-0.15, -0.1) is 0 Å². The molecule has 0 aliphatic rings. The Morgan fingerprint density at radius 3 is 2.00 bits per heavy atom. The third-order valence-electron chi connectivity index (χ3n) is 2.42. The molecule has 0 unspecified atom stereocenters. The summed E-state index contributed by atoms with van der Waals surface area (Å²) in [6.45, 7) is 4.79. The summed E-state index contributed by atoms with van der Waals surface area (Å²) in [4.78, 5) is 0. The van der Waals surface area contributed by atoms with Gasteiger partial charge in [0.25, 0.3) is 0 Å². The van der Waals surface area contributed by atoms with Gasteiger partial charge in [-0.3, -0.25) is 0 Å². The number of phenolic OH excluding ortho intramolecular Hbond substituents is 1. The van der Waals surface area contributed by atoms with Crippen molar-refractivity contribution in [3.05, 3.63) is 17.7 Å². The molecule has 0 bridgehead atoms. The summed E-state index contributed by atoms with van der Waals surface area (Å²) < 4.78 is 21.3. The molecule has 102 valence electrons. The fraction of sp³-hybridized carbons (Fsp3) is 0.538. The maximum Gasteiger partial charge on any atom is 0.187 e. The van der Waals surface area contributed by atoms with E-state index in [1.165, 1.54) is 20.3 Å². The van der Waals surface area contributed by atoms with Crippen LogP contribution in [0.1, 0.15) is 25.7 Å². The highest BCUT2D eigenvalue weighted by atomic mass is 16.7. The van der Waals surface area contributed by atoms with Crippen molar-refractivity contribution in [1.29, 1.82) is 0 Å². The van der Waals surface area contributed by atoms with Crippen LogP contribution in [-0.2, 0) is 9.47 Å². The van der Waals surface area contributed by atoms with E-state index >= 15 is 0 Å². The quantitative estimate of drug-likeness (QED) is 0.759. The molecule has 0 aromatic heterocycles. The van der Waals surface area contributed by atoms with Crippen LogP contribution in [0.4, 0.5) is 0 Å². The van der Waals surface area contributed by atoms with Crippen LogP contribution in [0.15, 0.2) is 12.1 Å². The lowest BCUT2D eigenvalue weighted by Crippen LogP contribution is -2.10. The summed E-state index contributed by atoms with van der Waals surface area (Å²) in [6.07, 6.45) is -0.538. The van der Waals surface area contributed by atoms with Gasteiger partial charge in [0, 0.05) is 19.3 Å². The monoisotopic (exact) mass is 256 g/mol. The lowest BCUT2D eigenvalue weighted by Gasteiger charge is -2.20. The molecule has 1 N–H and O–H groups in total. The number of hydrogen-bond donors (Lipinski definition) is 1. The molecular weight excluding hydrogens is 236 g/mol. The van der Waals surface area contributed by atoms with Crippen LogP contribution in [0, 0.1) is 0 Å². The molecule has 0 amide bonds. The first-order valence-corrected chi connectivity index (χ1v) is 5.85. The second kappa shape index (κ2) is 7.08. The van der Waals surface area contributed by atoms with Gasteiger partial charge in [-0.05, 0) is 19.9 Å². The van der Waals surface area contributed by atoms with E-state index in [1.807, 2.05) is 13.8 Å². The largest absolute Gasteiger partial charge is 0.504 e. The number of aromatic hydroxyl groups is 1. The molecule has 5 heteroatoms. The van der Waals surface area contributed by atoms with Gasteiger partial charge in [-0.2, -0.15) is 0 Å². The molecule has 0 heterocycles. The molecule has 0 radical (unpaired) electrons. The van der Waals surface area contributed by atoms with E-state index in [1.54, 1.807) is 6.07 Å². The lowest BCUT2D eigenvalue weighted by atomic mass is 10.1. The maximum absolute atomic E-state index is 9.70. The predicted octanol–water partition coefficient (Wildman–Crippen LogP) is 2.48. The molecule has 0 aliphatic carbocycles. The van der Waals surface area contributed by atoms with Crippen molar-refractivity contribution in [2.75, 3.05) is 27.4 Å². The SMILES string of the molecule is CCOC(OCC)c1cc(OC)c(O)cc1OC. The van der Waals surface area contributed by atoms with Crippen molar-refractivity contribution >= 4 is 0 Å². The van der Waals surface area contributed by atoms with E-state index in [2.05, 4.69) is 0 Å². The van der Waals surface area contributed by atoms with Crippen LogP contribution in [-0.4, -0.2) is 32.5 Å². The van der Waals surface area contributed by atoms with E-state index in [4.69, 9.17) is 18.9 Å². The Kier molecular flexibility index (Phi) is 5.74. The molecule has 1 rings (SSSR count). The first-order valence-electron chi connectivity index (χ1n) is 5.85. The number of rotatable bonds is 7. The van der Waals surface area contributed by atoms with Crippen molar-refractivity contribution in [3.8, 4) is 17.2 Å². The van der Waals surface area contributed by atoms with Crippen LogP contribution in [0.2, 0.25) is 0 Å². The standard InChI is InChI=1S/C13H20O5/c1-5-17-13(18-6-2)9-7-12(16-4)10(14)8-11(9)15-3/h7-8,13-14H,5-6H2,1-4H3. The lowest BCUT2D eigenvalue weighted by molar-refractivity contribution is -0.141. The average Bonchev–Trinajstić information content (AvgIpc) is 2.38. The van der Waals surface area contributed by atoms with E-state index < -0.39 is 6.29 Å². The van der Waals surface area contributed by atoms with E-state index in [-0.39, 0.29) is 5.75 Å². The smallest absolute Gasteiger partial charge is 0.187 e. The minimum absolute atomic E-state index is 0.0184. The minimum Gasteiger partial charge on any atom is -0.504 e. The highest BCUT2D eigenvalue weighted by molar-refractivity contribution is 5.50. The third kappa shape index (κ3) is 3.27. The van der Waals surface area contributed by atoms with Gasteiger partial charge >= 0.3 is 0 Å². The Morgan fingerprint density at radius 2 is 1.56 bits per heavy atom. The zero-order valence-electron chi connectivity index (χ0n) is 11.2. The second-order valence-electron chi connectivity index (χ2n) is 3.51. The van der Waals surface area contributed by atoms with Gasteiger partial charge in [0.1, 0.15) is 5.75 Å². The maximum atomic E-state index is 9.70. The summed E-state index contributed by atoms with van der Waals surface area (Å²) in [5.74, 6) is 0.875. The molecule has 1 aromatic carbocycles. The Morgan fingerprint density at radius 1 is 1.00 bits per heavy atom. The highest BCUT2D eigenvalue weighted by Gasteiger charge is 2.20. The van der Waals surface area contributed by atoms with Gasteiger partial charge in [0.05, 0.1) is 19.8 Å². The highest BCUT2D eigenvalue weighted by Crippen LogP contribution is 2.38. The van der Waals surface area contributed by atoms with Gasteiger partial charge < -0.3 is 24.1 Å². The summed E-state index contributed by atoms with van der Waals surface area (Å²) >= 11 is 0. The predicted molar refractivity (Wildman–Crippen MR) is 67.2 cm³/mol. The number of ether oxygens (including phenoxy) is 4. The van der Waals surface area contributed by atoms with E-state index in [0.717, 1.165) is 0 Å². The number of methoxy groups -OCH3 is 2. The van der Waals surface area contributed by atoms with Crippen molar-refractivity contribution in [1.82, 2.24) is 0 Å². The first-order chi connectivity index (χ1) is 8.67. The molecule has 18 heavy (non-hydrogen) atoms. The Bertz CT molecular complexity index is 372. The fourth-order valence-electron chi connectivity index (χ4n) is 1.62. The molecule has 0 spiro atoms. The van der Waals surface area contributed by atoms with Gasteiger partial charge in [-0.25, -0.2) is 0 Å². The van der Waals surface area contributed by atoms with Crippen molar-refractivity contribution < 1.29 is 24.1 Å². The summed E-state index contributed by atoms with van der Waals surface area (Å²) in [7, 11) is 3.02. The molecule has 0 saturated carbocycles.